The van der Waals surface area contributed by atoms with Crippen LogP contribution in [-0.4, -0.2) is 11.1 Å². The fourth-order valence-electron chi connectivity index (χ4n) is 0.896. The zero-order valence-corrected chi connectivity index (χ0v) is 9.05. The van der Waals surface area contributed by atoms with Gasteiger partial charge in [-0.05, 0) is 48.3 Å². The summed E-state index contributed by atoms with van der Waals surface area (Å²) in [6.07, 6.45) is 0.172. The van der Waals surface area contributed by atoms with Gasteiger partial charge in [0.15, 0.2) is 0 Å². The van der Waals surface area contributed by atoms with Crippen molar-refractivity contribution in [3.8, 4) is 5.88 Å². The van der Waals surface area contributed by atoms with Crippen molar-refractivity contribution in [1.29, 1.82) is 0 Å². The van der Waals surface area contributed by atoms with Crippen LogP contribution in [0.2, 0.25) is 0 Å². The fraction of sp³-hybridized carbons (Fsp3) is 0.444. The molecule has 1 aromatic rings. The second-order valence-corrected chi connectivity index (χ2v) is 3.78. The lowest BCUT2D eigenvalue weighted by Gasteiger charge is -2.08. The molecule has 0 atom stereocenters. The summed E-state index contributed by atoms with van der Waals surface area (Å²) in [6.45, 7) is 5.98. The molecule has 0 amide bonds. The molecular formula is C9H12BrNO. The molecule has 2 nitrogen and oxygen atoms in total. The zero-order valence-electron chi connectivity index (χ0n) is 7.47. The molecule has 0 radical (unpaired) electrons. The van der Waals surface area contributed by atoms with E-state index in [0.717, 1.165) is 10.2 Å². The first-order chi connectivity index (χ1) is 5.58. The molecule has 0 aliphatic carbocycles. The smallest absolute Gasteiger partial charge is 0.214 e. The Morgan fingerprint density at radius 3 is 2.58 bits per heavy atom. The maximum Gasteiger partial charge on any atom is 0.214 e. The van der Waals surface area contributed by atoms with Crippen molar-refractivity contribution < 1.29 is 4.74 Å². The monoisotopic (exact) mass is 229 g/mol. The van der Waals surface area contributed by atoms with Gasteiger partial charge in [0.05, 0.1) is 6.10 Å². The molecule has 0 aliphatic rings. The van der Waals surface area contributed by atoms with E-state index in [0.29, 0.717) is 5.88 Å². The highest BCUT2D eigenvalue weighted by atomic mass is 79.9. The number of aryl methyl sites for hydroxylation is 1. The number of halogens is 1. The summed E-state index contributed by atoms with van der Waals surface area (Å²) < 4.78 is 6.25. The first-order valence-corrected chi connectivity index (χ1v) is 4.68. The van der Waals surface area contributed by atoms with Crippen LogP contribution in [0.1, 0.15) is 19.4 Å². The lowest BCUT2D eigenvalue weighted by atomic mass is 10.3. The fourth-order valence-corrected chi connectivity index (χ4v) is 1.43. The van der Waals surface area contributed by atoms with Crippen molar-refractivity contribution >= 4 is 15.9 Å². The van der Waals surface area contributed by atoms with E-state index in [-0.39, 0.29) is 6.10 Å². The number of nitrogens with zero attached hydrogens (tertiary/aromatic N) is 1. The Kier molecular flexibility index (Phi) is 3.09. The highest BCUT2D eigenvalue weighted by molar-refractivity contribution is 9.10. The van der Waals surface area contributed by atoms with Crippen molar-refractivity contribution in [3.05, 3.63) is 22.3 Å². The summed E-state index contributed by atoms with van der Waals surface area (Å²) in [5.74, 6) is 0.678. The van der Waals surface area contributed by atoms with Crippen molar-refractivity contribution in [2.24, 2.45) is 0 Å². The van der Waals surface area contributed by atoms with Crippen LogP contribution in [0.4, 0.5) is 0 Å². The highest BCUT2D eigenvalue weighted by Crippen LogP contribution is 2.16. The summed E-state index contributed by atoms with van der Waals surface area (Å²) in [7, 11) is 0. The minimum absolute atomic E-state index is 0.172. The van der Waals surface area contributed by atoms with Crippen LogP contribution in [-0.2, 0) is 0 Å². The molecule has 0 saturated carbocycles. The number of ether oxygens (including phenoxy) is 1. The van der Waals surface area contributed by atoms with Crippen molar-refractivity contribution in [2.75, 3.05) is 0 Å². The van der Waals surface area contributed by atoms with Crippen LogP contribution < -0.4 is 4.74 Å². The van der Waals surface area contributed by atoms with E-state index in [4.69, 9.17) is 4.74 Å². The van der Waals surface area contributed by atoms with E-state index >= 15 is 0 Å². The molecule has 12 heavy (non-hydrogen) atoms. The van der Waals surface area contributed by atoms with Gasteiger partial charge in [-0.1, -0.05) is 0 Å². The molecule has 1 aromatic heterocycles. The van der Waals surface area contributed by atoms with Gasteiger partial charge in [0.1, 0.15) is 4.60 Å². The Balaban J connectivity index is 2.85. The Hall–Kier alpha value is -0.570. The average Bonchev–Trinajstić information content (AvgIpc) is 1.81. The SMILES string of the molecule is Cc1cc(Br)nc(OC(C)C)c1. The van der Waals surface area contributed by atoms with Crippen molar-refractivity contribution in [1.82, 2.24) is 4.98 Å². The standard InChI is InChI=1S/C9H12BrNO/c1-6(2)12-9-5-7(3)4-8(10)11-9/h4-6H,1-3H3. The first-order valence-electron chi connectivity index (χ1n) is 3.89. The molecule has 0 spiro atoms. The molecule has 1 heterocycles. The number of hydrogen-bond acceptors (Lipinski definition) is 2. The molecule has 0 fully saturated rings. The predicted octanol–water partition coefficient (Wildman–Crippen LogP) is 2.94. The Morgan fingerprint density at radius 1 is 1.42 bits per heavy atom. The lowest BCUT2D eigenvalue weighted by molar-refractivity contribution is 0.232. The Morgan fingerprint density at radius 2 is 2.08 bits per heavy atom. The first kappa shape index (κ1) is 9.52. The van der Waals surface area contributed by atoms with E-state index < -0.39 is 0 Å². The zero-order chi connectivity index (χ0) is 9.14. The van der Waals surface area contributed by atoms with Gasteiger partial charge in [-0.25, -0.2) is 4.98 Å². The van der Waals surface area contributed by atoms with Crippen LogP contribution >= 0.6 is 15.9 Å². The quantitative estimate of drug-likeness (QED) is 0.728. The molecule has 0 bridgehead atoms. The van der Waals surface area contributed by atoms with Gasteiger partial charge in [-0.2, -0.15) is 0 Å². The topological polar surface area (TPSA) is 22.1 Å². The minimum Gasteiger partial charge on any atom is -0.475 e. The molecular weight excluding hydrogens is 218 g/mol. The second kappa shape index (κ2) is 3.90. The average molecular weight is 230 g/mol. The maximum absolute atomic E-state index is 5.43. The maximum atomic E-state index is 5.43. The van der Waals surface area contributed by atoms with Crippen LogP contribution in [0.25, 0.3) is 0 Å². The van der Waals surface area contributed by atoms with E-state index in [1.165, 1.54) is 0 Å². The third-order valence-electron chi connectivity index (χ3n) is 1.27. The molecule has 1 rings (SSSR count). The van der Waals surface area contributed by atoms with E-state index in [2.05, 4.69) is 20.9 Å². The Bertz CT molecular complexity index is 253. The Labute approximate surface area is 81.1 Å². The van der Waals surface area contributed by atoms with Crippen molar-refractivity contribution in [2.45, 2.75) is 26.9 Å². The summed E-state index contributed by atoms with van der Waals surface area (Å²) >= 11 is 3.31. The van der Waals surface area contributed by atoms with Gasteiger partial charge >= 0.3 is 0 Å². The van der Waals surface area contributed by atoms with Crippen LogP contribution in [0.3, 0.4) is 0 Å². The van der Waals surface area contributed by atoms with E-state index in [9.17, 15) is 0 Å². The molecule has 0 aromatic carbocycles. The van der Waals surface area contributed by atoms with Crippen molar-refractivity contribution in [3.63, 3.8) is 0 Å². The lowest BCUT2D eigenvalue weighted by Crippen LogP contribution is -2.06. The van der Waals surface area contributed by atoms with Gasteiger partial charge in [0, 0.05) is 6.07 Å². The summed E-state index contributed by atoms with van der Waals surface area (Å²) in [5.41, 5.74) is 1.15. The van der Waals surface area contributed by atoms with E-state index in [1.54, 1.807) is 0 Å². The van der Waals surface area contributed by atoms with Crippen LogP contribution in [0.5, 0.6) is 5.88 Å². The normalized spacial score (nSPS) is 10.4. The molecule has 66 valence electrons. The minimum atomic E-state index is 0.172. The largest absolute Gasteiger partial charge is 0.475 e. The molecule has 0 N–H and O–H groups in total. The van der Waals surface area contributed by atoms with Gasteiger partial charge < -0.3 is 4.74 Å². The number of aromatic nitrogens is 1. The highest BCUT2D eigenvalue weighted by Gasteiger charge is 2.00. The summed E-state index contributed by atoms with van der Waals surface area (Å²) in [6, 6.07) is 3.87. The predicted molar refractivity (Wildman–Crippen MR) is 52.4 cm³/mol. The number of hydrogen-bond donors (Lipinski definition) is 0. The third kappa shape index (κ3) is 2.81. The molecule has 0 aliphatic heterocycles. The van der Waals surface area contributed by atoms with Gasteiger partial charge in [-0.3, -0.25) is 0 Å². The van der Waals surface area contributed by atoms with E-state index in [1.807, 2.05) is 32.9 Å². The van der Waals surface area contributed by atoms with Crippen LogP contribution in [0.15, 0.2) is 16.7 Å². The molecule has 0 unspecified atom stereocenters. The summed E-state index contributed by atoms with van der Waals surface area (Å²) in [5, 5.41) is 0. The van der Waals surface area contributed by atoms with Gasteiger partial charge in [0.25, 0.3) is 0 Å². The molecule has 0 saturated heterocycles. The van der Waals surface area contributed by atoms with Crippen LogP contribution in [0, 0.1) is 6.92 Å². The number of rotatable bonds is 2. The second-order valence-electron chi connectivity index (χ2n) is 2.97. The third-order valence-corrected chi connectivity index (χ3v) is 1.68. The summed E-state index contributed by atoms with van der Waals surface area (Å²) in [4.78, 5) is 4.17. The van der Waals surface area contributed by atoms with Gasteiger partial charge in [-0.15, -0.1) is 0 Å². The number of pyridine rings is 1. The van der Waals surface area contributed by atoms with Gasteiger partial charge in [0.2, 0.25) is 5.88 Å². The molecule has 3 heteroatoms.